The maximum Gasteiger partial charge on any atom is 0.306 e. The molecule has 0 bridgehead atoms. The van der Waals surface area contributed by atoms with Crippen LogP contribution in [0.2, 0.25) is 0 Å². The topological polar surface area (TPSA) is 63.6 Å². The molecule has 4 nitrogen and oxygen atoms in total. The van der Waals surface area contributed by atoms with E-state index in [4.69, 9.17) is 9.84 Å². The lowest BCUT2D eigenvalue weighted by molar-refractivity contribution is -0.150. The number of hydrogen-bond acceptors (Lipinski definition) is 3. The molecule has 40 heavy (non-hydrogen) atoms. The van der Waals surface area contributed by atoms with Crippen LogP contribution in [0.4, 0.5) is 0 Å². The number of rotatable bonds is 33. The predicted octanol–water partition coefficient (Wildman–Crippen LogP) is 12.1. The molecule has 0 saturated heterocycles. The van der Waals surface area contributed by atoms with E-state index in [-0.39, 0.29) is 18.5 Å². The van der Waals surface area contributed by atoms with Crippen molar-refractivity contribution in [2.45, 2.75) is 219 Å². The minimum Gasteiger partial charge on any atom is -0.481 e. The molecule has 0 aliphatic carbocycles. The van der Waals surface area contributed by atoms with E-state index in [1.54, 1.807) is 0 Å². The molecule has 0 rings (SSSR count). The van der Waals surface area contributed by atoms with E-state index in [0.717, 1.165) is 77.0 Å². The summed E-state index contributed by atoms with van der Waals surface area (Å²) in [5, 5.41) is 8.70. The van der Waals surface area contributed by atoms with Crippen molar-refractivity contribution in [3.05, 3.63) is 0 Å². The molecule has 0 aromatic rings. The molecular formula is C36H70O4. The largest absolute Gasteiger partial charge is 0.481 e. The zero-order chi connectivity index (χ0) is 29.4. The van der Waals surface area contributed by atoms with Crippen molar-refractivity contribution >= 4 is 11.9 Å². The number of hydrogen-bond donors (Lipinski definition) is 1. The van der Waals surface area contributed by atoms with Crippen LogP contribution in [-0.2, 0) is 14.3 Å². The molecule has 4 heteroatoms. The van der Waals surface area contributed by atoms with Crippen molar-refractivity contribution in [2.24, 2.45) is 0 Å². The summed E-state index contributed by atoms with van der Waals surface area (Å²) in [7, 11) is 0. The monoisotopic (exact) mass is 567 g/mol. The Kier molecular flexibility index (Phi) is 31.6. The number of carbonyl (C=O) groups is 2. The fraction of sp³-hybridized carbons (Fsp3) is 0.944. The van der Waals surface area contributed by atoms with Gasteiger partial charge in [-0.3, -0.25) is 9.59 Å². The van der Waals surface area contributed by atoms with E-state index in [0.29, 0.717) is 6.42 Å². The molecule has 0 aromatic carbocycles. The molecule has 0 saturated carbocycles. The molecule has 238 valence electrons. The summed E-state index contributed by atoms with van der Waals surface area (Å²) in [6, 6.07) is 0. The number of unbranched alkanes of at least 4 members (excludes halogenated alkanes) is 24. The molecule has 0 radical (unpaired) electrons. The van der Waals surface area contributed by atoms with Gasteiger partial charge in [-0.1, -0.05) is 168 Å². The Hall–Kier alpha value is -1.06. The van der Waals surface area contributed by atoms with Gasteiger partial charge >= 0.3 is 11.9 Å². The quantitative estimate of drug-likeness (QED) is 0.0633. The minimum absolute atomic E-state index is 0.00162. The van der Waals surface area contributed by atoms with Gasteiger partial charge in [0.25, 0.3) is 0 Å². The summed E-state index contributed by atoms with van der Waals surface area (Å²) in [6.45, 7) is 4.48. The summed E-state index contributed by atoms with van der Waals surface area (Å²) >= 11 is 0. The SMILES string of the molecule is CCCCCCCCCCCCCCCCCCCCCC(=O)OC(CCCC)CCCCCCCCC(=O)O. The molecule has 1 N–H and O–H groups in total. The Morgan fingerprint density at radius 3 is 1.18 bits per heavy atom. The second-order valence-corrected chi connectivity index (χ2v) is 12.4. The third-order valence-electron chi connectivity index (χ3n) is 8.33. The van der Waals surface area contributed by atoms with Gasteiger partial charge in [0.2, 0.25) is 0 Å². The molecule has 0 amide bonds. The fourth-order valence-electron chi connectivity index (χ4n) is 5.64. The van der Waals surface area contributed by atoms with Gasteiger partial charge < -0.3 is 9.84 Å². The number of carboxylic acid groups (broad SMARTS) is 1. The lowest BCUT2D eigenvalue weighted by Gasteiger charge is -2.18. The second kappa shape index (κ2) is 32.5. The average molecular weight is 567 g/mol. The van der Waals surface area contributed by atoms with Gasteiger partial charge in [0.15, 0.2) is 0 Å². The summed E-state index contributed by atoms with van der Waals surface area (Å²) in [5.41, 5.74) is 0. The molecule has 0 aliphatic heterocycles. The van der Waals surface area contributed by atoms with E-state index in [1.807, 2.05) is 0 Å². The summed E-state index contributed by atoms with van der Waals surface area (Å²) < 4.78 is 5.86. The van der Waals surface area contributed by atoms with Crippen molar-refractivity contribution in [3.8, 4) is 0 Å². The molecule has 1 atom stereocenters. The van der Waals surface area contributed by atoms with Crippen LogP contribution in [0.5, 0.6) is 0 Å². The van der Waals surface area contributed by atoms with Crippen LogP contribution >= 0.6 is 0 Å². The molecule has 0 heterocycles. The first-order chi connectivity index (χ1) is 19.6. The lowest BCUT2D eigenvalue weighted by Crippen LogP contribution is -2.18. The van der Waals surface area contributed by atoms with Crippen LogP contribution in [-0.4, -0.2) is 23.1 Å². The fourth-order valence-corrected chi connectivity index (χ4v) is 5.64. The first-order valence-electron chi connectivity index (χ1n) is 18.0. The van der Waals surface area contributed by atoms with Crippen molar-refractivity contribution in [3.63, 3.8) is 0 Å². The smallest absolute Gasteiger partial charge is 0.306 e. The maximum absolute atomic E-state index is 12.4. The minimum atomic E-state index is -0.694. The van der Waals surface area contributed by atoms with Crippen LogP contribution in [0.25, 0.3) is 0 Å². The van der Waals surface area contributed by atoms with Crippen molar-refractivity contribution in [1.82, 2.24) is 0 Å². The number of carboxylic acids is 1. The van der Waals surface area contributed by atoms with Crippen molar-refractivity contribution in [2.75, 3.05) is 0 Å². The highest BCUT2D eigenvalue weighted by Crippen LogP contribution is 2.18. The summed E-state index contributed by atoms with van der Waals surface area (Å²) in [5.74, 6) is -0.692. The van der Waals surface area contributed by atoms with Gasteiger partial charge in [-0.15, -0.1) is 0 Å². The molecule has 1 unspecified atom stereocenters. The van der Waals surface area contributed by atoms with Gasteiger partial charge in [-0.25, -0.2) is 0 Å². The molecule has 0 aliphatic rings. The van der Waals surface area contributed by atoms with Gasteiger partial charge in [-0.2, -0.15) is 0 Å². The normalized spacial score (nSPS) is 12.1. The van der Waals surface area contributed by atoms with Gasteiger partial charge in [0.05, 0.1) is 0 Å². The van der Waals surface area contributed by atoms with E-state index in [9.17, 15) is 9.59 Å². The van der Waals surface area contributed by atoms with Crippen molar-refractivity contribution in [1.29, 1.82) is 0 Å². The lowest BCUT2D eigenvalue weighted by atomic mass is 10.0. The van der Waals surface area contributed by atoms with E-state index in [2.05, 4.69) is 13.8 Å². The zero-order valence-corrected chi connectivity index (χ0v) is 27.2. The second-order valence-electron chi connectivity index (χ2n) is 12.4. The first kappa shape index (κ1) is 38.9. The molecule has 0 aromatic heterocycles. The standard InChI is InChI=1S/C36H70O4/c1-3-5-7-8-9-10-11-12-13-14-15-16-17-18-19-20-21-26-29-33-36(39)40-34(30-6-4-2)31-27-24-22-23-25-28-32-35(37)38/h34H,3-33H2,1-2H3,(H,37,38). The van der Waals surface area contributed by atoms with Gasteiger partial charge in [-0.05, 0) is 32.1 Å². The first-order valence-corrected chi connectivity index (χ1v) is 18.0. The van der Waals surface area contributed by atoms with Gasteiger partial charge in [0.1, 0.15) is 6.10 Å². The predicted molar refractivity (Wildman–Crippen MR) is 172 cm³/mol. The summed E-state index contributed by atoms with van der Waals surface area (Å²) in [6.07, 6.45) is 37.4. The zero-order valence-electron chi connectivity index (χ0n) is 27.2. The maximum atomic E-state index is 12.4. The third kappa shape index (κ3) is 31.5. The third-order valence-corrected chi connectivity index (χ3v) is 8.33. The van der Waals surface area contributed by atoms with Crippen molar-refractivity contribution < 1.29 is 19.4 Å². The van der Waals surface area contributed by atoms with Gasteiger partial charge in [0, 0.05) is 12.8 Å². The van der Waals surface area contributed by atoms with Crippen LogP contribution < -0.4 is 0 Å². The molecule has 0 fully saturated rings. The summed E-state index contributed by atoms with van der Waals surface area (Å²) in [4.78, 5) is 23.0. The van der Waals surface area contributed by atoms with Crippen LogP contribution in [0.3, 0.4) is 0 Å². The van der Waals surface area contributed by atoms with Crippen LogP contribution in [0, 0.1) is 0 Å². The van der Waals surface area contributed by atoms with E-state index in [1.165, 1.54) is 109 Å². The highest BCUT2D eigenvalue weighted by atomic mass is 16.5. The average Bonchev–Trinajstić information content (AvgIpc) is 2.94. The number of esters is 1. The highest BCUT2D eigenvalue weighted by Gasteiger charge is 2.14. The van der Waals surface area contributed by atoms with E-state index < -0.39 is 5.97 Å². The Labute approximate surface area is 250 Å². The number of aliphatic carboxylic acids is 1. The number of ether oxygens (including phenoxy) is 1. The van der Waals surface area contributed by atoms with Crippen LogP contribution in [0.1, 0.15) is 213 Å². The highest BCUT2D eigenvalue weighted by molar-refractivity contribution is 5.69. The Balaban J connectivity index is 3.53. The Morgan fingerprint density at radius 1 is 0.450 bits per heavy atom. The Bertz CT molecular complexity index is 533. The van der Waals surface area contributed by atoms with Crippen LogP contribution in [0.15, 0.2) is 0 Å². The number of carbonyl (C=O) groups excluding carboxylic acids is 1. The molecule has 0 spiro atoms. The Morgan fingerprint density at radius 2 is 0.775 bits per heavy atom. The van der Waals surface area contributed by atoms with E-state index >= 15 is 0 Å². The molecular weight excluding hydrogens is 496 g/mol.